The summed E-state index contributed by atoms with van der Waals surface area (Å²) in [7, 11) is 7.22. The summed E-state index contributed by atoms with van der Waals surface area (Å²) in [5, 5.41) is 1.23. The summed E-state index contributed by atoms with van der Waals surface area (Å²) < 4.78 is 16.5. The van der Waals surface area contributed by atoms with Gasteiger partial charge in [-0.15, -0.1) is 12.4 Å². The molecule has 4 aromatic carbocycles. The number of halogens is 2. The van der Waals surface area contributed by atoms with E-state index in [9.17, 15) is 4.79 Å². The number of ether oxygens (including phenoxy) is 2. The Hall–Kier alpha value is -3.68. The number of benzene rings is 4. The van der Waals surface area contributed by atoms with E-state index in [4.69, 9.17) is 25.5 Å². The normalized spacial score (nSPS) is 12.6. The summed E-state index contributed by atoms with van der Waals surface area (Å²) >= 11 is 8.03. The number of nitrogens with zero attached hydrogens (tertiary/aromatic N) is 1. The molecule has 0 spiro atoms. The third-order valence-electron chi connectivity index (χ3n) is 6.85. The van der Waals surface area contributed by atoms with E-state index >= 15 is 0 Å². The Labute approximate surface area is 267 Å². The van der Waals surface area contributed by atoms with Gasteiger partial charge in [0, 0.05) is 26.9 Å². The van der Waals surface area contributed by atoms with Crippen molar-refractivity contribution in [2.24, 2.45) is 0 Å². The topological polar surface area (TPSA) is 51.9 Å². The van der Waals surface area contributed by atoms with E-state index in [1.807, 2.05) is 48.2 Å². The zero-order valence-electron chi connectivity index (χ0n) is 24.4. The first-order valence-electron chi connectivity index (χ1n) is 13.6. The van der Waals surface area contributed by atoms with E-state index in [1.54, 1.807) is 25.3 Å². The van der Waals surface area contributed by atoms with Crippen LogP contribution >= 0.6 is 35.8 Å². The average Bonchev–Trinajstić information content (AvgIpc) is 3.01. The fraction of sp³-hybridized carbons (Fsp3) is 0.171. The largest absolute Gasteiger partial charge is 0.493 e. The Morgan fingerprint density at radius 3 is 2.30 bits per heavy atom. The summed E-state index contributed by atoms with van der Waals surface area (Å²) in [5.74, 6) is 1.12. The molecule has 6 rings (SSSR count). The first-order valence-corrected chi connectivity index (χ1v) is 14.8. The van der Waals surface area contributed by atoms with Crippen molar-refractivity contribution in [2.45, 2.75) is 16.2 Å². The van der Waals surface area contributed by atoms with E-state index in [-0.39, 0.29) is 23.6 Å². The molecule has 1 aromatic heterocycles. The predicted molar refractivity (Wildman–Crippen MR) is 181 cm³/mol. The van der Waals surface area contributed by atoms with E-state index in [0.29, 0.717) is 22.5 Å². The molecule has 2 heterocycles. The Morgan fingerprint density at radius 2 is 1.58 bits per heavy atom. The SMILES string of the molecule is CN(C)CCC=C1c2ccccc2Sc2ccc(Cl)cc21.COc1c(-c2ccccc2)oc2c(OC)cccc2c1=O.Cl. The van der Waals surface area contributed by atoms with Crippen LogP contribution < -0.4 is 14.9 Å². The Morgan fingerprint density at radius 1 is 0.860 bits per heavy atom. The molecule has 5 nitrogen and oxygen atoms in total. The minimum atomic E-state index is -0.212. The van der Waals surface area contributed by atoms with Gasteiger partial charge in [-0.05, 0) is 73.6 Å². The van der Waals surface area contributed by atoms with Crippen molar-refractivity contribution in [3.8, 4) is 22.8 Å². The number of hydrogen-bond donors (Lipinski definition) is 0. The van der Waals surface area contributed by atoms with Crippen molar-refractivity contribution in [1.29, 1.82) is 0 Å². The molecule has 0 radical (unpaired) electrons. The zero-order chi connectivity index (χ0) is 29.6. The highest BCUT2D eigenvalue weighted by Gasteiger charge is 2.21. The van der Waals surface area contributed by atoms with Gasteiger partial charge >= 0.3 is 0 Å². The van der Waals surface area contributed by atoms with Crippen molar-refractivity contribution in [3.05, 3.63) is 123 Å². The van der Waals surface area contributed by atoms with Crippen LogP contribution in [-0.2, 0) is 0 Å². The molecule has 0 bridgehead atoms. The molecule has 0 atom stereocenters. The summed E-state index contributed by atoms with van der Waals surface area (Å²) in [4.78, 5) is 17.4. The minimum Gasteiger partial charge on any atom is -0.493 e. The van der Waals surface area contributed by atoms with Gasteiger partial charge in [0.2, 0.25) is 11.2 Å². The van der Waals surface area contributed by atoms with Crippen molar-refractivity contribution < 1.29 is 13.9 Å². The second kappa shape index (κ2) is 14.7. The van der Waals surface area contributed by atoms with E-state index < -0.39 is 0 Å². The van der Waals surface area contributed by atoms with E-state index in [2.05, 4.69) is 61.5 Å². The predicted octanol–water partition coefficient (Wildman–Crippen LogP) is 9.09. The lowest BCUT2D eigenvalue weighted by Crippen LogP contribution is -2.12. The summed E-state index contributed by atoms with van der Waals surface area (Å²) in [6, 6.07) is 29.4. The molecule has 43 heavy (non-hydrogen) atoms. The maximum atomic E-state index is 12.6. The molecule has 222 valence electrons. The summed E-state index contributed by atoms with van der Waals surface area (Å²) in [5.41, 5.74) is 4.87. The van der Waals surface area contributed by atoms with Crippen molar-refractivity contribution in [3.63, 3.8) is 0 Å². The van der Waals surface area contributed by atoms with Crippen molar-refractivity contribution in [2.75, 3.05) is 34.9 Å². The second-order valence-corrected chi connectivity index (χ2v) is 11.5. The molecule has 0 saturated carbocycles. The third-order valence-corrected chi connectivity index (χ3v) is 8.24. The lowest BCUT2D eigenvalue weighted by atomic mass is 9.96. The molecule has 0 fully saturated rings. The fourth-order valence-corrected chi connectivity index (χ4v) is 6.09. The van der Waals surface area contributed by atoms with Gasteiger partial charge in [0.1, 0.15) is 0 Å². The van der Waals surface area contributed by atoms with Crippen LogP contribution in [0.5, 0.6) is 11.5 Å². The van der Waals surface area contributed by atoms with Crippen LogP contribution in [0.15, 0.2) is 116 Å². The van der Waals surface area contributed by atoms with Crippen LogP contribution in [0.4, 0.5) is 0 Å². The van der Waals surface area contributed by atoms with Crippen LogP contribution in [-0.4, -0.2) is 39.8 Å². The maximum Gasteiger partial charge on any atom is 0.235 e. The number of para-hydroxylation sites is 1. The molecule has 0 aliphatic carbocycles. The molecule has 0 saturated heterocycles. The average molecular weight is 635 g/mol. The molecule has 8 heteroatoms. The standard InChI is InChI=1S/C18H18ClNS.C17H14O4.ClH/c1-20(2)11-5-7-14-15-6-3-4-8-17(15)21-18-10-9-13(19)12-16(14)18;1-19-13-10-6-9-12-14(18)17(20-2)15(21-16(12)13)11-7-4-3-5-8-11;/h3-4,6-10,12H,5,11H2,1-2H3;3-10H,1-2H3;1H. The third kappa shape index (κ3) is 7.11. The number of methoxy groups -OCH3 is 2. The molecule has 0 N–H and O–H groups in total. The molecular weight excluding hydrogens is 601 g/mol. The highest BCUT2D eigenvalue weighted by molar-refractivity contribution is 7.99. The molecule has 0 unspecified atom stereocenters. The van der Waals surface area contributed by atoms with Crippen LogP contribution in [0.25, 0.3) is 27.9 Å². The Balaban J connectivity index is 0.000000192. The first-order chi connectivity index (χ1) is 20.4. The lowest BCUT2D eigenvalue weighted by molar-refractivity contribution is 0.391. The summed E-state index contributed by atoms with van der Waals surface area (Å²) in [6.07, 6.45) is 3.38. The van der Waals surface area contributed by atoms with Crippen LogP contribution in [0.2, 0.25) is 5.02 Å². The maximum absolute atomic E-state index is 12.6. The van der Waals surface area contributed by atoms with Crippen molar-refractivity contribution >= 4 is 52.3 Å². The molecule has 5 aromatic rings. The Bertz CT molecular complexity index is 1800. The first kappa shape index (κ1) is 32.2. The highest BCUT2D eigenvalue weighted by atomic mass is 35.5. The smallest absolute Gasteiger partial charge is 0.235 e. The number of hydrogen-bond acceptors (Lipinski definition) is 6. The quantitative estimate of drug-likeness (QED) is 0.182. The number of fused-ring (bicyclic) bond motifs is 3. The lowest BCUT2D eigenvalue weighted by Gasteiger charge is -2.22. The monoisotopic (exact) mass is 633 g/mol. The molecule has 0 amide bonds. The van der Waals surface area contributed by atoms with Crippen LogP contribution in [0.3, 0.4) is 0 Å². The number of rotatable bonds is 6. The van der Waals surface area contributed by atoms with Crippen molar-refractivity contribution in [1.82, 2.24) is 4.90 Å². The van der Waals surface area contributed by atoms with Gasteiger partial charge in [0.25, 0.3) is 0 Å². The fourth-order valence-electron chi connectivity index (χ4n) is 4.83. The van der Waals surface area contributed by atoms with E-state index in [1.165, 1.54) is 33.6 Å². The van der Waals surface area contributed by atoms with Gasteiger partial charge in [-0.25, -0.2) is 0 Å². The van der Waals surface area contributed by atoms with Crippen LogP contribution in [0.1, 0.15) is 17.5 Å². The van der Waals surface area contributed by atoms with Gasteiger partial charge in [0.05, 0.1) is 19.6 Å². The molecule has 1 aliphatic rings. The molecule has 1 aliphatic heterocycles. The molecular formula is C35H33Cl2NO4S. The van der Waals surface area contributed by atoms with Gasteiger partial charge in [-0.3, -0.25) is 4.79 Å². The summed E-state index contributed by atoms with van der Waals surface area (Å²) in [6.45, 7) is 1.05. The van der Waals surface area contributed by atoms with Gasteiger partial charge in [-0.1, -0.05) is 84.0 Å². The van der Waals surface area contributed by atoms with Gasteiger partial charge in [-0.2, -0.15) is 0 Å². The van der Waals surface area contributed by atoms with Crippen LogP contribution in [0, 0.1) is 0 Å². The Kier molecular flexibility index (Phi) is 11.0. The highest BCUT2D eigenvalue weighted by Crippen LogP contribution is 2.46. The minimum absolute atomic E-state index is 0. The van der Waals surface area contributed by atoms with Gasteiger partial charge < -0.3 is 18.8 Å². The van der Waals surface area contributed by atoms with Gasteiger partial charge in [0.15, 0.2) is 17.1 Å². The zero-order valence-corrected chi connectivity index (χ0v) is 26.8. The van der Waals surface area contributed by atoms with E-state index in [0.717, 1.165) is 23.6 Å². The second-order valence-electron chi connectivity index (χ2n) is 9.94.